The summed E-state index contributed by atoms with van der Waals surface area (Å²) in [7, 11) is 0. The van der Waals surface area contributed by atoms with E-state index in [1.165, 1.54) is 24.3 Å². The molecule has 1 saturated heterocycles. The van der Waals surface area contributed by atoms with Gasteiger partial charge in [0.05, 0.1) is 17.4 Å². The van der Waals surface area contributed by atoms with Crippen molar-refractivity contribution in [3.63, 3.8) is 0 Å². The highest BCUT2D eigenvalue weighted by atomic mass is 32.2. The monoisotopic (exact) mass is 258 g/mol. The first-order valence-electron chi connectivity index (χ1n) is 6.55. The van der Waals surface area contributed by atoms with Crippen LogP contribution < -0.4 is 4.90 Å². The molecule has 4 rings (SSSR count). The molecular formula is C14H16N3S. The predicted octanol–water partition coefficient (Wildman–Crippen LogP) is 3.06. The van der Waals surface area contributed by atoms with Crippen molar-refractivity contribution in [1.29, 1.82) is 0 Å². The molecule has 1 N–H and O–H groups in total. The molecule has 2 fully saturated rings. The zero-order valence-corrected chi connectivity index (χ0v) is 11.0. The van der Waals surface area contributed by atoms with Gasteiger partial charge in [-0.25, -0.2) is 4.98 Å². The van der Waals surface area contributed by atoms with Crippen molar-refractivity contribution >= 4 is 28.5 Å². The molecule has 2 aliphatic rings. The first-order valence-corrected chi connectivity index (χ1v) is 7.60. The first-order chi connectivity index (χ1) is 8.92. The zero-order valence-electron chi connectivity index (χ0n) is 10.2. The Bertz CT molecular complexity index is 561. The van der Waals surface area contributed by atoms with Crippen LogP contribution in [0.2, 0.25) is 0 Å². The number of rotatable bonds is 2. The quantitative estimate of drug-likeness (QED) is 0.898. The molecular weight excluding hydrogens is 242 g/mol. The second kappa shape index (κ2) is 4.19. The number of aromatic amines is 1. The van der Waals surface area contributed by atoms with Crippen LogP contribution in [-0.4, -0.2) is 28.3 Å². The average Bonchev–Trinajstić information content (AvgIpc) is 3.16. The van der Waals surface area contributed by atoms with E-state index in [0.29, 0.717) is 0 Å². The molecule has 1 radical (unpaired) electrons. The van der Waals surface area contributed by atoms with E-state index in [1.54, 1.807) is 6.33 Å². The molecule has 18 heavy (non-hydrogen) atoms. The molecule has 2 aromatic rings. The molecule has 1 aromatic heterocycles. The normalized spacial score (nSPS) is 24.7. The number of thioether (sulfide) groups is 1. The maximum absolute atomic E-state index is 4.36. The summed E-state index contributed by atoms with van der Waals surface area (Å²) in [5.74, 6) is 4.48. The van der Waals surface area contributed by atoms with Crippen LogP contribution >= 0.6 is 11.8 Å². The number of benzene rings is 1. The Morgan fingerprint density at radius 1 is 1.33 bits per heavy atom. The third-order valence-corrected chi connectivity index (χ3v) is 4.88. The summed E-state index contributed by atoms with van der Waals surface area (Å²) in [6.45, 7) is 1.06. The van der Waals surface area contributed by atoms with E-state index in [-0.39, 0.29) is 0 Å². The second-order valence-corrected chi connectivity index (χ2v) is 6.16. The van der Waals surface area contributed by atoms with E-state index >= 15 is 0 Å². The molecule has 0 amide bonds. The van der Waals surface area contributed by atoms with Gasteiger partial charge >= 0.3 is 0 Å². The van der Waals surface area contributed by atoms with Gasteiger partial charge in [0.2, 0.25) is 0 Å². The number of H-pyrrole nitrogens is 1. The van der Waals surface area contributed by atoms with Crippen molar-refractivity contribution in [3.05, 3.63) is 30.3 Å². The summed E-state index contributed by atoms with van der Waals surface area (Å²) in [6, 6.07) is 7.30. The highest BCUT2D eigenvalue weighted by Gasteiger charge is 2.37. The van der Waals surface area contributed by atoms with E-state index in [0.717, 1.165) is 29.5 Å². The Morgan fingerprint density at radius 3 is 3.17 bits per heavy atom. The van der Waals surface area contributed by atoms with Crippen LogP contribution in [0.15, 0.2) is 24.5 Å². The van der Waals surface area contributed by atoms with Crippen LogP contribution in [0.5, 0.6) is 0 Å². The number of anilines is 1. The van der Waals surface area contributed by atoms with Gasteiger partial charge in [0, 0.05) is 29.8 Å². The fraction of sp³-hybridized carbons (Fsp3) is 0.429. The third-order valence-electron chi connectivity index (χ3n) is 3.96. The predicted molar refractivity (Wildman–Crippen MR) is 76.7 cm³/mol. The van der Waals surface area contributed by atoms with Gasteiger partial charge in [0.25, 0.3) is 0 Å². The maximum Gasteiger partial charge on any atom is 0.0931 e. The number of hydrogen-bond donors (Lipinski definition) is 1. The Labute approximate surface area is 111 Å². The SMILES string of the molecule is [CH]1CN(c2ccc3[nH]cnc3c2)C(C2CC2)CS1. The fourth-order valence-electron chi connectivity index (χ4n) is 2.79. The van der Waals surface area contributed by atoms with Gasteiger partial charge < -0.3 is 9.88 Å². The number of nitrogens with zero attached hydrogens (tertiary/aromatic N) is 2. The molecule has 4 heteroatoms. The van der Waals surface area contributed by atoms with Crippen molar-refractivity contribution < 1.29 is 0 Å². The van der Waals surface area contributed by atoms with E-state index in [2.05, 4.69) is 38.8 Å². The van der Waals surface area contributed by atoms with Gasteiger partial charge in [-0.1, -0.05) is 0 Å². The van der Waals surface area contributed by atoms with E-state index in [4.69, 9.17) is 0 Å². The summed E-state index contributed by atoms with van der Waals surface area (Å²) in [5.41, 5.74) is 3.51. The minimum Gasteiger partial charge on any atom is -0.366 e. The number of imidazole rings is 1. The fourth-order valence-corrected chi connectivity index (χ4v) is 3.84. The van der Waals surface area contributed by atoms with Crippen molar-refractivity contribution in [2.75, 3.05) is 17.2 Å². The van der Waals surface area contributed by atoms with Crippen LogP contribution in [-0.2, 0) is 0 Å². The maximum atomic E-state index is 4.36. The topological polar surface area (TPSA) is 31.9 Å². The van der Waals surface area contributed by atoms with Gasteiger partial charge in [0.1, 0.15) is 0 Å². The number of fused-ring (bicyclic) bond motifs is 1. The average molecular weight is 258 g/mol. The number of aromatic nitrogens is 2. The highest BCUT2D eigenvalue weighted by molar-refractivity contribution is 8.01. The minimum absolute atomic E-state index is 0.719. The second-order valence-electron chi connectivity index (χ2n) is 5.16. The Morgan fingerprint density at radius 2 is 2.28 bits per heavy atom. The third kappa shape index (κ3) is 1.79. The zero-order chi connectivity index (χ0) is 11.9. The lowest BCUT2D eigenvalue weighted by Crippen LogP contribution is -2.42. The molecule has 93 valence electrons. The Hall–Kier alpha value is -1.16. The minimum atomic E-state index is 0.719. The van der Waals surface area contributed by atoms with Crippen LogP contribution in [0.1, 0.15) is 12.8 Å². The van der Waals surface area contributed by atoms with Crippen LogP contribution in [0, 0.1) is 11.7 Å². The van der Waals surface area contributed by atoms with Gasteiger partial charge in [-0.3, -0.25) is 0 Å². The molecule has 1 atom stereocenters. The van der Waals surface area contributed by atoms with E-state index < -0.39 is 0 Å². The molecule has 2 heterocycles. The lowest BCUT2D eigenvalue weighted by atomic mass is 10.1. The number of hydrogen-bond acceptors (Lipinski definition) is 3. The summed E-state index contributed by atoms with van der Waals surface area (Å²) >= 11 is 1.99. The van der Waals surface area contributed by atoms with Crippen LogP contribution in [0.25, 0.3) is 11.0 Å². The Balaban J connectivity index is 1.70. The number of nitrogens with one attached hydrogen (secondary N) is 1. The van der Waals surface area contributed by atoms with Gasteiger partial charge in [0.15, 0.2) is 0 Å². The van der Waals surface area contributed by atoms with E-state index in [1.807, 2.05) is 11.8 Å². The molecule has 1 aromatic carbocycles. The summed E-state index contributed by atoms with van der Waals surface area (Å²) in [6.07, 6.45) is 4.59. The molecule has 0 spiro atoms. The van der Waals surface area contributed by atoms with Crippen molar-refractivity contribution in [1.82, 2.24) is 9.97 Å². The van der Waals surface area contributed by atoms with Crippen LogP contribution in [0.4, 0.5) is 5.69 Å². The molecule has 3 nitrogen and oxygen atoms in total. The largest absolute Gasteiger partial charge is 0.366 e. The highest BCUT2D eigenvalue weighted by Crippen LogP contribution is 2.41. The molecule has 1 aliphatic heterocycles. The molecule has 1 saturated carbocycles. The van der Waals surface area contributed by atoms with Gasteiger partial charge in [-0.15, -0.1) is 0 Å². The van der Waals surface area contributed by atoms with Gasteiger partial charge in [-0.2, -0.15) is 11.8 Å². The summed E-state index contributed by atoms with van der Waals surface area (Å²) in [4.78, 5) is 10.1. The molecule has 1 unspecified atom stereocenters. The van der Waals surface area contributed by atoms with Crippen molar-refractivity contribution in [3.8, 4) is 0 Å². The lowest BCUT2D eigenvalue weighted by Gasteiger charge is -2.37. The smallest absolute Gasteiger partial charge is 0.0931 e. The van der Waals surface area contributed by atoms with E-state index in [9.17, 15) is 0 Å². The first kappa shape index (κ1) is 10.7. The van der Waals surface area contributed by atoms with Crippen molar-refractivity contribution in [2.45, 2.75) is 18.9 Å². The summed E-state index contributed by atoms with van der Waals surface area (Å²) in [5, 5.41) is 0. The molecule has 0 bridgehead atoms. The van der Waals surface area contributed by atoms with Crippen LogP contribution in [0.3, 0.4) is 0 Å². The van der Waals surface area contributed by atoms with Gasteiger partial charge in [-0.05, 0) is 37.0 Å². The lowest BCUT2D eigenvalue weighted by molar-refractivity contribution is 0.591. The molecule has 1 aliphatic carbocycles. The standard InChI is InChI=1S/C14H16N3S/c1-2-10(1)14-8-18-6-5-17(14)11-3-4-12-13(7-11)16-9-15-12/h3-4,6-7,9-10,14H,1-2,5,8H2,(H,15,16). The van der Waals surface area contributed by atoms with Crippen molar-refractivity contribution in [2.24, 2.45) is 5.92 Å². The Kier molecular flexibility index (Phi) is 2.50. The summed E-state index contributed by atoms with van der Waals surface area (Å²) < 4.78 is 0.